The Bertz CT molecular complexity index is 7180. The Morgan fingerprint density at radius 2 is 0.485 bits per heavy atom. The third kappa shape index (κ3) is 25.1. The van der Waals surface area contributed by atoms with Gasteiger partial charge in [-0.05, 0) is 286 Å². The molecule has 0 fully saturated rings. The number of hydrogen-bond acceptors (Lipinski definition) is 34. The van der Waals surface area contributed by atoms with Gasteiger partial charge in [-0.3, -0.25) is 18.2 Å². The minimum Gasteiger partial charge on any atom is -0.324 e. The fourth-order valence-electron chi connectivity index (χ4n) is 12.5. The fraction of sp³-hybridized carbons (Fsp3) is 0.0667. The molecule has 38 nitrogen and oxygen atoms in total. The zero-order valence-electron chi connectivity index (χ0n) is 69.7. The van der Waals surface area contributed by atoms with Crippen LogP contribution in [0.4, 0.5) is 138 Å². The highest BCUT2D eigenvalue weighted by molar-refractivity contribution is 7.86. The van der Waals surface area contributed by atoms with Gasteiger partial charge in [-0.1, -0.05) is 66.7 Å². The van der Waals surface area contributed by atoms with Crippen LogP contribution in [0.15, 0.2) is 393 Å². The molecule has 42 heteroatoms. The van der Waals surface area contributed by atoms with Crippen LogP contribution in [0.3, 0.4) is 0 Å². The van der Waals surface area contributed by atoms with Gasteiger partial charge in [-0.2, -0.15) is 130 Å². The van der Waals surface area contributed by atoms with Crippen molar-refractivity contribution in [1.82, 2.24) is 29.9 Å². The Morgan fingerprint density at radius 3 is 0.803 bits per heavy atom. The average molecular weight is 1840 g/mol. The minimum atomic E-state index is -4.81. The number of nitrogens with one attached hydrogen (secondary N) is 4. The molecule has 15 rings (SSSR count). The van der Waals surface area contributed by atoms with Gasteiger partial charge in [0.05, 0.1) is 89.4 Å². The van der Waals surface area contributed by atoms with Crippen molar-refractivity contribution in [3.63, 3.8) is 0 Å². The quantitative estimate of drug-likeness (QED) is 0.0143. The molecule has 0 amide bonds. The molecule has 132 heavy (non-hydrogen) atoms. The van der Waals surface area contributed by atoms with Crippen LogP contribution >= 0.6 is 0 Å². The number of rotatable bonds is 32. The molecule has 0 bridgehead atoms. The molecular weight excluding hydrogens is 1770 g/mol. The summed E-state index contributed by atoms with van der Waals surface area (Å²) in [6.07, 6.45) is 0.433. The maximum atomic E-state index is 12.7. The van der Waals surface area contributed by atoms with Crippen molar-refractivity contribution in [2.45, 2.75) is 60.1 Å². The van der Waals surface area contributed by atoms with Gasteiger partial charge in [0, 0.05) is 35.6 Å². The van der Waals surface area contributed by atoms with Gasteiger partial charge >= 0.3 is 0 Å². The predicted molar refractivity (Wildman–Crippen MR) is 494 cm³/mol. The van der Waals surface area contributed by atoms with E-state index in [4.69, 9.17) is 29.9 Å². The van der Waals surface area contributed by atoms with Crippen LogP contribution in [0, 0.1) is 27.7 Å². The van der Waals surface area contributed by atoms with Crippen molar-refractivity contribution in [3.05, 3.63) is 336 Å². The van der Waals surface area contributed by atoms with Crippen molar-refractivity contribution in [3.8, 4) is 0 Å². The maximum absolute atomic E-state index is 12.7. The Labute approximate surface area is 754 Å². The van der Waals surface area contributed by atoms with E-state index in [2.05, 4.69) is 103 Å². The number of anilines is 8. The first kappa shape index (κ1) is 90.3. The fourth-order valence-corrected chi connectivity index (χ4v) is 14.7. The van der Waals surface area contributed by atoms with Crippen LogP contribution in [0.1, 0.15) is 45.0 Å². The number of hydrogen-bond donors (Lipinski definition) is 8. The molecule has 0 aliphatic carbocycles. The van der Waals surface area contributed by atoms with Crippen LogP contribution in [-0.4, -0.2) is 81.8 Å². The van der Waals surface area contributed by atoms with Crippen molar-refractivity contribution >= 4 is 178 Å². The number of aryl methyl sites for hydroxylation is 4. The molecule has 13 aromatic carbocycles. The lowest BCUT2D eigenvalue weighted by Gasteiger charge is -2.14. The summed E-state index contributed by atoms with van der Waals surface area (Å²) in [7, 11) is -18.3. The van der Waals surface area contributed by atoms with Crippen LogP contribution in [0.2, 0.25) is 0 Å². The molecule has 2 heterocycles. The summed E-state index contributed by atoms with van der Waals surface area (Å²) in [6, 6.07) is 78.5. The van der Waals surface area contributed by atoms with E-state index in [0.29, 0.717) is 114 Å². The molecule has 0 aliphatic rings. The summed E-state index contributed by atoms with van der Waals surface area (Å²) in [4.78, 5) is 27.7. The Kier molecular flexibility index (Phi) is 27.5. The second-order valence-corrected chi connectivity index (χ2v) is 34.6. The minimum absolute atomic E-state index is 0.0797. The predicted octanol–water partition coefficient (Wildman–Crippen LogP) is 25.8. The lowest BCUT2D eigenvalue weighted by atomic mass is 10.1. The first-order valence-electron chi connectivity index (χ1n) is 39.5. The van der Waals surface area contributed by atoms with Crippen LogP contribution < -0.4 is 21.3 Å². The number of benzene rings is 13. The van der Waals surface area contributed by atoms with E-state index < -0.39 is 50.3 Å². The Balaban J connectivity index is 0.694. The maximum Gasteiger partial charge on any atom is 0.296 e. The third-order valence-electron chi connectivity index (χ3n) is 19.0. The van der Waals surface area contributed by atoms with E-state index in [1.807, 2.05) is 75.4 Å². The molecule has 2 aromatic heterocycles. The molecule has 0 saturated heterocycles. The highest BCUT2D eigenvalue weighted by Gasteiger charge is 2.22. The van der Waals surface area contributed by atoms with E-state index in [0.717, 1.165) is 34.4 Å². The second kappa shape index (κ2) is 40.2. The molecule has 15 aromatic rings. The van der Waals surface area contributed by atoms with Crippen molar-refractivity contribution in [1.29, 1.82) is 0 Å². The monoisotopic (exact) mass is 1840 g/mol. The summed E-state index contributed by atoms with van der Waals surface area (Å²) in [5.74, 6) is 1.22. The molecule has 0 unspecified atom stereocenters. The van der Waals surface area contributed by atoms with Gasteiger partial charge in [-0.15, -0.1) is 10.2 Å². The number of nitrogens with zero attached hydrogens (tertiary/aromatic N) is 22. The van der Waals surface area contributed by atoms with Gasteiger partial charge in [-0.25, -0.2) is 4.98 Å². The second-order valence-electron chi connectivity index (χ2n) is 29.0. The van der Waals surface area contributed by atoms with Crippen molar-refractivity contribution in [2.24, 2.45) is 81.8 Å². The van der Waals surface area contributed by atoms with Crippen molar-refractivity contribution < 1.29 is 51.9 Å². The summed E-state index contributed by atoms with van der Waals surface area (Å²) >= 11 is 0. The SMILES string of the molecule is Cc1cc(Cc2nc(Cc3ccc(N=Nc4ccc(N=Nc5ccccc5)cc4S(=O)(=O)O)c(C)c3)nc(Nc3cccc(Nc4nc(Nc5ccc(N=Nc6ccc(N=Nc7ccc(S(=O)(=O)O)cc7)cc6)c(C)c5)nc(Nc5ccc(N=Nc6ccc(N=Nc7ccccc7)cc6S(=O)(=O)O)c(C)c5)n4)c3)n2)ccc1N=Nc1ccc(N=Nc2ccc(S(=O)(=O)O)cc2)cc1. The van der Waals surface area contributed by atoms with Crippen LogP contribution in [0.25, 0.3) is 0 Å². The highest BCUT2D eigenvalue weighted by atomic mass is 32.2. The normalized spacial score (nSPS) is 12.3. The van der Waals surface area contributed by atoms with E-state index in [-0.39, 0.29) is 69.2 Å². The molecule has 0 saturated carbocycles. The molecule has 0 radical (unpaired) electrons. The zero-order chi connectivity index (χ0) is 92.5. The van der Waals surface area contributed by atoms with E-state index in [1.165, 1.54) is 72.8 Å². The van der Waals surface area contributed by atoms with Crippen LogP contribution in [-0.2, 0) is 53.3 Å². The van der Waals surface area contributed by atoms with E-state index in [1.54, 1.807) is 159 Å². The molecular formula is C90H72N26O12S4. The largest absolute Gasteiger partial charge is 0.324 e. The average Bonchev–Trinajstić information content (AvgIpc) is 0.814. The van der Waals surface area contributed by atoms with E-state index in [9.17, 15) is 51.9 Å². The topological polar surface area (TPSA) is 541 Å². The first-order chi connectivity index (χ1) is 63.4. The Morgan fingerprint density at radius 1 is 0.227 bits per heavy atom. The zero-order valence-corrected chi connectivity index (χ0v) is 72.9. The summed E-state index contributed by atoms with van der Waals surface area (Å²) in [5, 5.41) is 81.7. The number of aromatic nitrogens is 6. The van der Waals surface area contributed by atoms with Gasteiger partial charge in [0.25, 0.3) is 40.5 Å². The molecule has 658 valence electrons. The standard InChI is InChI=1S/C90H72N26O12S4/c1-55-46-59(18-40-77(55)111-107-65-24-20-63(21-25-65)103-105-67-28-36-75(37-29-67)129(117,118)119)50-85-95-86(51-60-19-41-78(56(2)47-60)113-115-81-44-34-73(53-83(81)131(123,124)125)109-101-61-12-7-5-8-13-61)97-87(96-85)91-69-16-11-17-70(52-69)92-88-98-89(93-71-32-42-79(57(3)48-71)112-108-66-26-22-64(23-27-66)104-106-68-30-38-76(39-31-68)130(120,121)122)100-90(99-88)94-72-33-43-80(58(4)49-72)114-116-82-45-35-74(54-84(82)132(126,127)128)110-102-62-14-9-6-10-15-62/h5-49,52-54H,50-51H2,1-4H3,(H,117,118,119)(H,120,121,122)(H,123,124,125)(H,126,127,128)(H,91,95,96,97)(H3,92,93,94,98,99,100). The molecule has 0 aliphatic heterocycles. The van der Waals surface area contributed by atoms with E-state index >= 15 is 0 Å². The van der Waals surface area contributed by atoms with Gasteiger partial charge in [0.15, 0.2) is 0 Å². The lowest BCUT2D eigenvalue weighted by Crippen LogP contribution is -2.09. The van der Waals surface area contributed by atoms with Gasteiger partial charge < -0.3 is 21.3 Å². The Hall–Kier alpha value is -16.5. The summed E-state index contributed by atoms with van der Waals surface area (Å²) in [5.41, 5.74) is 12.2. The van der Waals surface area contributed by atoms with Gasteiger partial charge in [0.1, 0.15) is 32.8 Å². The van der Waals surface area contributed by atoms with Crippen molar-refractivity contribution in [2.75, 3.05) is 21.3 Å². The van der Waals surface area contributed by atoms with Crippen LogP contribution in [0.5, 0.6) is 0 Å². The molecule has 0 spiro atoms. The highest BCUT2D eigenvalue weighted by Crippen LogP contribution is 2.38. The lowest BCUT2D eigenvalue weighted by molar-refractivity contribution is 0.481. The number of azo groups is 8. The smallest absolute Gasteiger partial charge is 0.296 e. The summed E-state index contributed by atoms with van der Waals surface area (Å²) in [6.45, 7) is 7.33. The third-order valence-corrected chi connectivity index (χ3v) is 22.5. The summed E-state index contributed by atoms with van der Waals surface area (Å²) < 4.78 is 136. The van der Waals surface area contributed by atoms with Gasteiger partial charge in [0.2, 0.25) is 23.8 Å². The molecule has 0 atom stereocenters. The molecule has 8 N–H and O–H groups in total. The first-order valence-corrected chi connectivity index (χ1v) is 45.3.